The van der Waals surface area contributed by atoms with E-state index in [0.29, 0.717) is 5.41 Å². The zero-order valence-electron chi connectivity index (χ0n) is 13.6. The molecule has 0 spiro atoms. The van der Waals surface area contributed by atoms with E-state index in [0.717, 1.165) is 25.2 Å². The maximum Gasteiger partial charge on any atom is 0.0425 e. The number of nitrogens with two attached hydrogens (primary N) is 2. The fourth-order valence-corrected chi connectivity index (χ4v) is 4.20. The highest BCUT2D eigenvalue weighted by Gasteiger charge is 2.35. The molecule has 2 aliphatic carbocycles. The predicted octanol–water partition coefficient (Wildman–Crippen LogP) is 4.04. The first kappa shape index (κ1) is 15.1. The smallest absolute Gasteiger partial charge is 0.0425 e. The minimum absolute atomic E-state index is 0.188. The van der Waals surface area contributed by atoms with Crippen LogP contribution in [0.15, 0.2) is 24.3 Å². The molecule has 0 aliphatic heterocycles. The Balaban J connectivity index is 1.70. The lowest BCUT2D eigenvalue weighted by molar-refractivity contribution is 0.224. The first-order valence-electron chi connectivity index (χ1n) is 8.53. The lowest BCUT2D eigenvalue weighted by Crippen LogP contribution is -2.35. The Morgan fingerprint density at radius 1 is 0.952 bits per heavy atom. The van der Waals surface area contributed by atoms with Gasteiger partial charge in [0.05, 0.1) is 0 Å². The largest absolute Gasteiger partial charge is 0.328 e. The maximum absolute atomic E-state index is 6.55. The number of hydrogen-bond donors (Lipinski definition) is 2. The molecular formula is C19H30N2. The summed E-state index contributed by atoms with van der Waals surface area (Å²) in [6.45, 7) is 4.79. The molecule has 2 saturated carbocycles. The van der Waals surface area contributed by atoms with E-state index in [9.17, 15) is 0 Å². The van der Waals surface area contributed by atoms with E-state index in [1.165, 1.54) is 36.8 Å². The van der Waals surface area contributed by atoms with Gasteiger partial charge in [0.15, 0.2) is 0 Å². The van der Waals surface area contributed by atoms with E-state index in [4.69, 9.17) is 11.5 Å². The second-order valence-electron chi connectivity index (χ2n) is 8.22. The molecule has 2 heteroatoms. The van der Waals surface area contributed by atoms with Crippen LogP contribution in [-0.4, -0.2) is 6.04 Å². The van der Waals surface area contributed by atoms with Gasteiger partial charge in [-0.3, -0.25) is 0 Å². The fourth-order valence-electron chi connectivity index (χ4n) is 4.20. The molecule has 2 aliphatic rings. The van der Waals surface area contributed by atoms with E-state index in [-0.39, 0.29) is 11.6 Å². The van der Waals surface area contributed by atoms with Gasteiger partial charge in [-0.15, -0.1) is 0 Å². The van der Waals surface area contributed by atoms with Gasteiger partial charge < -0.3 is 11.5 Å². The first-order chi connectivity index (χ1) is 9.88. The molecule has 0 saturated heterocycles. The van der Waals surface area contributed by atoms with Crippen molar-refractivity contribution in [3.05, 3.63) is 35.4 Å². The van der Waals surface area contributed by atoms with E-state index in [1.807, 2.05) is 0 Å². The van der Waals surface area contributed by atoms with Crippen LogP contribution in [0.5, 0.6) is 0 Å². The van der Waals surface area contributed by atoms with Crippen molar-refractivity contribution in [1.82, 2.24) is 0 Å². The average Bonchev–Trinajstić information content (AvgIpc) is 2.80. The fraction of sp³-hybridized carbons (Fsp3) is 0.684. The summed E-state index contributed by atoms with van der Waals surface area (Å²) in [7, 11) is 0. The Labute approximate surface area is 129 Å². The first-order valence-corrected chi connectivity index (χ1v) is 8.53. The lowest BCUT2D eigenvalue weighted by atomic mass is 9.71. The molecule has 3 rings (SSSR count). The molecular weight excluding hydrogens is 256 g/mol. The van der Waals surface area contributed by atoms with E-state index in [1.54, 1.807) is 0 Å². The SMILES string of the molecule is CC1(C)CCC(c2ccc(C3(N)CCC(N)C3)cc2)CC1. The average molecular weight is 286 g/mol. The van der Waals surface area contributed by atoms with Crippen molar-refractivity contribution < 1.29 is 0 Å². The van der Waals surface area contributed by atoms with Crippen LogP contribution in [0.3, 0.4) is 0 Å². The molecule has 0 amide bonds. The zero-order chi connectivity index (χ0) is 15.1. The van der Waals surface area contributed by atoms with Crippen LogP contribution >= 0.6 is 0 Å². The molecule has 0 bridgehead atoms. The highest BCUT2D eigenvalue weighted by molar-refractivity contribution is 5.31. The minimum atomic E-state index is -0.188. The van der Waals surface area contributed by atoms with Crippen LogP contribution in [0, 0.1) is 5.41 Å². The van der Waals surface area contributed by atoms with Crippen LogP contribution in [0.25, 0.3) is 0 Å². The van der Waals surface area contributed by atoms with Gasteiger partial charge in [-0.1, -0.05) is 38.1 Å². The Kier molecular flexibility index (Phi) is 3.87. The number of hydrogen-bond acceptors (Lipinski definition) is 2. The van der Waals surface area contributed by atoms with Crippen molar-refractivity contribution in [3.63, 3.8) is 0 Å². The lowest BCUT2D eigenvalue weighted by Gasteiger charge is -2.34. The molecule has 2 fully saturated rings. The van der Waals surface area contributed by atoms with Crippen molar-refractivity contribution in [1.29, 1.82) is 0 Å². The van der Waals surface area contributed by atoms with Gasteiger partial charge in [0.25, 0.3) is 0 Å². The van der Waals surface area contributed by atoms with Gasteiger partial charge in [0.1, 0.15) is 0 Å². The molecule has 21 heavy (non-hydrogen) atoms. The van der Waals surface area contributed by atoms with Crippen LogP contribution in [0.2, 0.25) is 0 Å². The van der Waals surface area contributed by atoms with Gasteiger partial charge in [0.2, 0.25) is 0 Å². The Hall–Kier alpha value is -0.860. The molecule has 2 atom stereocenters. The third-order valence-corrected chi connectivity index (χ3v) is 5.88. The summed E-state index contributed by atoms with van der Waals surface area (Å²) < 4.78 is 0. The molecule has 1 aromatic rings. The zero-order valence-corrected chi connectivity index (χ0v) is 13.6. The van der Waals surface area contributed by atoms with Crippen molar-refractivity contribution in [3.8, 4) is 0 Å². The monoisotopic (exact) mass is 286 g/mol. The molecule has 116 valence electrons. The molecule has 2 unspecified atom stereocenters. The highest BCUT2D eigenvalue weighted by Crippen LogP contribution is 2.43. The van der Waals surface area contributed by atoms with Gasteiger partial charge >= 0.3 is 0 Å². The quantitative estimate of drug-likeness (QED) is 0.862. The van der Waals surface area contributed by atoms with Crippen LogP contribution < -0.4 is 11.5 Å². The summed E-state index contributed by atoms with van der Waals surface area (Å²) in [6.07, 6.45) is 8.32. The summed E-state index contributed by atoms with van der Waals surface area (Å²) in [4.78, 5) is 0. The van der Waals surface area contributed by atoms with Crippen LogP contribution in [0.1, 0.15) is 75.8 Å². The van der Waals surface area contributed by atoms with E-state index >= 15 is 0 Å². The molecule has 0 aromatic heterocycles. The van der Waals surface area contributed by atoms with Gasteiger partial charge in [-0.25, -0.2) is 0 Å². The summed E-state index contributed by atoms with van der Waals surface area (Å²) in [6, 6.07) is 9.42. The van der Waals surface area contributed by atoms with Gasteiger partial charge in [0, 0.05) is 11.6 Å². The van der Waals surface area contributed by atoms with E-state index in [2.05, 4.69) is 38.1 Å². The summed E-state index contributed by atoms with van der Waals surface area (Å²) in [5.74, 6) is 0.742. The third kappa shape index (κ3) is 3.17. The molecule has 0 radical (unpaired) electrons. The summed E-state index contributed by atoms with van der Waals surface area (Å²) in [5, 5.41) is 0. The predicted molar refractivity (Wildman–Crippen MR) is 89.1 cm³/mol. The highest BCUT2D eigenvalue weighted by atomic mass is 14.8. The maximum atomic E-state index is 6.55. The molecule has 4 N–H and O–H groups in total. The normalized spacial score (nSPS) is 33.2. The second kappa shape index (κ2) is 5.40. The number of rotatable bonds is 2. The van der Waals surface area contributed by atoms with Crippen molar-refractivity contribution in [2.45, 2.75) is 76.3 Å². The van der Waals surface area contributed by atoms with Gasteiger partial charge in [-0.05, 0) is 67.4 Å². The molecule has 1 aromatic carbocycles. The topological polar surface area (TPSA) is 52.0 Å². The second-order valence-corrected chi connectivity index (χ2v) is 8.22. The third-order valence-electron chi connectivity index (χ3n) is 5.88. The summed E-state index contributed by atoms with van der Waals surface area (Å²) >= 11 is 0. The van der Waals surface area contributed by atoms with Crippen molar-refractivity contribution in [2.24, 2.45) is 16.9 Å². The minimum Gasteiger partial charge on any atom is -0.328 e. The molecule has 2 nitrogen and oxygen atoms in total. The Morgan fingerprint density at radius 3 is 2.10 bits per heavy atom. The van der Waals surface area contributed by atoms with E-state index < -0.39 is 0 Å². The van der Waals surface area contributed by atoms with Crippen molar-refractivity contribution in [2.75, 3.05) is 0 Å². The van der Waals surface area contributed by atoms with Crippen LogP contribution in [-0.2, 0) is 5.54 Å². The molecule has 0 heterocycles. The standard InChI is InChI=1S/C19H30N2/c1-18(2)10-7-15(8-11-18)14-3-5-16(6-4-14)19(21)12-9-17(20)13-19/h3-6,15,17H,7-13,20-21H2,1-2H3. The number of benzene rings is 1. The van der Waals surface area contributed by atoms with Crippen LogP contribution in [0.4, 0.5) is 0 Å². The Bertz CT molecular complexity index is 481. The summed E-state index contributed by atoms with van der Waals surface area (Å²) in [5.41, 5.74) is 15.7. The van der Waals surface area contributed by atoms with Gasteiger partial charge in [-0.2, -0.15) is 0 Å². The Morgan fingerprint density at radius 2 is 1.57 bits per heavy atom. The van der Waals surface area contributed by atoms with Crippen molar-refractivity contribution >= 4 is 0 Å².